The maximum absolute atomic E-state index is 14.0. The summed E-state index contributed by atoms with van der Waals surface area (Å²) in [4.78, 5) is 23.4. The van der Waals surface area contributed by atoms with Gasteiger partial charge in [-0.2, -0.15) is 0 Å². The standard InChI is InChI=1S/C18H15ClFNO4/c1-9-11(3-2-4-13(9)20)17-12-7-10(19)5-6-14(12)21-18(24)15(25-17)8-16(22)23/h2-7,15,17H,8H2,1H3,(H,21,24)(H,22,23)/t15-,17-/m1/s1. The number of hydrogen-bond donors (Lipinski definition) is 2. The minimum Gasteiger partial charge on any atom is -0.481 e. The number of ether oxygens (including phenoxy) is 1. The summed E-state index contributed by atoms with van der Waals surface area (Å²) in [6.07, 6.45) is -2.54. The molecule has 1 aliphatic rings. The molecule has 0 aliphatic carbocycles. The molecule has 0 unspecified atom stereocenters. The summed E-state index contributed by atoms with van der Waals surface area (Å²) in [5.74, 6) is -2.15. The molecule has 25 heavy (non-hydrogen) atoms. The van der Waals surface area contributed by atoms with Crippen LogP contribution in [0.5, 0.6) is 0 Å². The van der Waals surface area contributed by atoms with Gasteiger partial charge >= 0.3 is 5.97 Å². The molecule has 2 aromatic rings. The average Bonchev–Trinajstić information content (AvgIpc) is 2.67. The van der Waals surface area contributed by atoms with Crippen LogP contribution in [0.25, 0.3) is 0 Å². The van der Waals surface area contributed by atoms with Crippen LogP contribution in [0.3, 0.4) is 0 Å². The lowest BCUT2D eigenvalue weighted by Gasteiger charge is -2.22. The number of carbonyl (C=O) groups is 2. The number of fused-ring (bicyclic) bond motifs is 1. The number of carboxylic acid groups (broad SMARTS) is 1. The quantitative estimate of drug-likeness (QED) is 0.872. The SMILES string of the molecule is Cc1c(F)cccc1[C@H]1O[C@H](CC(=O)O)C(=O)Nc2ccc(Cl)cc21. The van der Waals surface area contributed by atoms with E-state index in [9.17, 15) is 14.0 Å². The Morgan fingerprint density at radius 2 is 2.08 bits per heavy atom. The van der Waals surface area contributed by atoms with Gasteiger partial charge in [0.15, 0.2) is 0 Å². The Kier molecular flexibility index (Phi) is 4.74. The first-order chi connectivity index (χ1) is 11.9. The van der Waals surface area contributed by atoms with Gasteiger partial charge in [0.2, 0.25) is 0 Å². The van der Waals surface area contributed by atoms with E-state index in [1.54, 1.807) is 31.2 Å². The highest BCUT2D eigenvalue weighted by Crippen LogP contribution is 2.38. The van der Waals surface area contributed by atoms with E-state index in [0.29, 0.717) is 27.4 Å². The minimum atomic E-state index is -1.21. The molecule has 7 heteroatoms. The number of nitrogens with one attached hydrogen (secondary N) is 1. The van der Waals surface area contributed by atoms with Crippen molar-refractivity contribution >= 4 is 29.2 Å². The number of aliphatic carboxylic acids is 1. The highest BCUT2D eigenvalue weighted by Gasteiger charge is 2.34. The van der Waals surface area contributed by atoms with Crippen LogP contribution in [0.2, 0.25) is 5.02 Å². The van der Waals surface area contributed by atoms with E-state index in [2.05, 4.69) is 5.32 Å². The average molecular weight is 364 g/mol. The van der Waals surface area contributed by atoms with Crippen molar-refractivity contribution in [3.8, 4) is 0 Å². The summed E-state index contributed by atoms with van der Waals surface area (Å²) in [7, 11) is 0. The van der Waals surface area contributed by atoms with Gasteiger partial charge < -0.3 is 15.2 Å². The second-order valence-electron chi connectivity index (χ2n) is 5.78. The Morgan fingerprint density at radius 1 is 1.32 bits per heavy atom. The molecule has 5 nitrogen and oxygen atoms in total. The van der Waals surface area contributed by atoms with E-state index < -0.39 is 36.3 Å². The molecule has 1 amide bonds. The zero-order chi connectivity index (χ0) is 18.1. The molecule has 1 heterocycles. The lowest BCUT2D eigenvalue weighted by atomic mass is 9.96. The number of carboxylic acids is 1. The topological polar surface area (TPSA) is 75.6 Å². The van der Waals surface area contributed by atoms with Gasteiger partial charge in [0.05, 0.1) is 6.42 Å². The maximum atomic E-state index is 14.0. The number of anilines is 1. The third-order valence-corrected chi connectivity index (χ3v) is 4.33. The number of rotatable bonds is 3. The van der Waals surface area contributed by atoms with Crippen molar-refractivity contribution < 1.29 is 23.8 Å². The van der Waals surface area contributed by atoms with Crippen molar-refractivity contribution in [3.63, 3.8) is 0 Å². The van der Waals surface area contributed by atoms with Crippen molar-refractivity contribution in [2.75, 3.05) is 5.32 Å². The van der Waals surface area contributed by atoms with Gasteiger partial charge in [0.25, 0.3) is 5.91 Å². The van der Waals surface area contributed by atoms with Crippen molar-refractivity contribution in [3.05, 3.63) is 63.9 Å². The third kappa shape index (κ3) is 3.50. The summed E-state index contributed by atoms with van der Waals surface area (Å²) in [5, 5.41) is 12.1. The number of benzene rings is 2. The minimum absolute atomic E-state index is 0.363. The summed E-state index contributed by atoms with van der Waals surface area (Å²) >= 11 is 6.07. The second-order valence-corrected chi connectivity index (χ2v) is 6.21. The van der Waals surface area contributed by atoms with Gasteiger partial charge in [-0.3, -0.25) is 9.59 Å². The number of hydrogen-bond acceptors (Lipinski definition) is 3. The largest absolute Gasteiger partial charge is 0.481 e. The van der Waals surface area contributed by atoms with Crippen LogP contribution in [-0.4, -0.2) is 23.1 Å². The summed E-state index contributed by atoms with van der Waals surface area (Å²) < 4.78 is 19.8. The number of amides is 1. The van der Waals surface area contributed by atoms with Crippen molar-refractivity contribution in [1.82, 2.24) is 0 Å². The molecule has 2 N–H and O–H groups in total. The maximum Gasteiger partial charge on any atom is 0.306 e. The van der Waals surface area contributed by atoms with Gasteiger partial charge in [-0.25, -0.2) is 4.39 Å². The van der Waals surface area contributed by atoms with Gasteiger partial charge in [-0.15, -0.1) is 0 Å². The van der Waals surface area contributed by atoms with Crippen LogP contribution in [0.1, 0.15) is 29.2 Å². The molecule has 0 saturated heterocycles. The lowest BCUT2D eigenvalue weighted by Crippen LogP contribution is -2.31. The van der Waals surface area contributed by atoms with Gasteiger partial charge in [-0.1, -0.05) is 23.7 Å². The fourth-order valence-corrected chi connectivity index (χ4v) is 3.01. The first-order valence-corrected chi connectivity index (χ1v) is 7.97. The van der Waals surface area contributed by atoms with Gasteiger partial charge in [-0.05, 0) is 42.3 Å². The molecule has 2 aromatic carbocycles. The van der Waals surface area contributed by atoms with Crippen LogP contribution >= 0.6 is 11.6 Å². The highest BCUT2D eigenvalue weighted by atomic mass is 35.5. The normalized spacial score (nSPS) is 19.7. The van der Waals surface area contributed by atoms with Crippen LogP contribution in [0.15, 0.2) is 36.4 Å². The van der Waals surface area contributed by atoms with E-state index in [1.807, 2.05) is 0 Å². The molecule has 1 aliphatic heterocycles. The molecule has 0 saturated carbocycles. The predicted octanol–water partition coefficient (Wildman–Crippen LogP) is 3.69. The molecule has 0 bridgehead atoms. The van der Waals surface area contributed by atoms with Gasteiger partial charge in [0.1, 0.15) is 18.0 Å². The summed E-state index contributed by atoms with van der Waals surface area (Å²) in [6, 6.07) is 9.39. The Balaban J connectivity index is 2.15. The van der Waals surface area contributed by atoms with Crippen molar-refractivity contribution in [2.45, 2.75) is 25.6 Å². The first kappa shape index (κ1) is 17.4. The molecular weight excluding hydrogens is 349 g/mol. The summed E-state index contributed by atoms with van der Waals surface area (Å²) in [5.41, 5.74) is 1.87. The molecule has 130 valence electrons. The van der Waals surface area contributed by atoms with Crippen molar-refractivity contribution in [1.29, 1.82) is 0 Å². The van der Waals surface area contributed by atoms with E-state index in [0.717, 1.165) is 0 Å². The van der Waals surface area contributed by atoms with E-state index in [4.69, 9.17) is 21.4 Å². The zero-order valence-electron chi connectivity index (χ0n) is 13.3. The molecule has 2 atom stereocenters. The Labute approximate surface area is 148 Å². The summed E-state index contributed by atoms with van der Waals surface area (Å²) in [6.45, 7) is 1.60. The zero-order valence-corrected chi connectivity index (χ0v) is 14.0. The van der Waals surface area contributed by atoms with E-state index in [1.165, 1.54) is 12.1 Å². The molecule has 0 radical (unpaired) electrons. The number of carbonyl (C=O) groups excluding carboxylic acids is 1. The van der Waals surface area contributed by atoms with E-state index in [-0.39, 0.29) is 0 Å². The third-order valence-electron chi connectivity index (χ3n) is 4.10. The smallest absolute Gasteiger partial charge is 0.306 e. The van der Waals surface area contributed by atoms with Crippen LogP contribution in [0.4, 0.5) is 10.1 Å². The lowest BCUT2D eigenvalue weighted by molar-refractivity contribution is -0.146. The van der Waals surface area contributed by atoms with Crippen LogP contribution < -0.4 is 5.32 Å². The Bertz CT molecular complexity index is 855. The highest BCUT2D eigenvalue weighted by molar-refractivity contribution is 6.30. The second kappa shape index (κ2) is 6.82. The molecule has 3 rings (SSSR count). The molecule has 0 spiro atoms. The number of halogens is 2. The van der Waals surface area contributed by atoms with Crippen LogP contribution in [-0.2, 0) is 14.3 Å². The molecule has 0 fully saturated rings. The van der Waals surface area contributed by atoms with Crippen LogP contribution in [0, 0.1) is 12.7 Å². The predicted molar refractivity (Wildman–Crippen MR) is 90.2 cm³/mol. The molecule has 0 aromatic heterocycles. The van der Waals surface area contributed by atoms with Gasteiger partial charge in [0, 0.05) is 16.3 Å². The Morgan fingerprint density at radius 3 is 2.80 bits per heavy atom. The van der Waals surface area contributed by atoms with Crippen molar-refractivity contribution in [2.24, 2.45) is 0 Å². The molecular formula is C18H15ClFNO4. The van der Waals surface area contributed by atoms with E-state index >= 15 is 0 Å². The fourth-order valence-electron chi connectivity index (χ4n) is 2.83. The monoisotopic (exact) mass is 363 g/mol. The Hall–Kier alpha value is -2.44. The fraction of sp³-hybridized carbons (Fsp3) is 0.222. The first-order valence-electron chi connectivity index (χ1n) is 7.59.